The molecule has 3 aromatic carbocycles. The second-order valence-electron chi connectivity index (χ2n) is 7.21. The molecule has 4 aromatic rings. The van der Waals surface area contributed by atoms with Gasteiger partial charge in [-0.15, -0.1) is 16.8 Å². The van der Waals surface area contributed by atoms with Gasteiger partial charge in [0.2, 0.25) is 5.91 Å². The zero-order valence-electron chi connectivity index (χ0n) is 18.7. The fourth-order valence-corrected chi connectivity index (χ4v) is 3.97. The lowest BCUT2D eigenvalue weighted by Gasteiger charge is -2.09. The quantitative estimate of drug-likeness (QED) is 0.237. The van der Waals surface area contributed by atoms with E-state index in [1.54, 1.807) is 13.2 Å². The molecule has 8 heteroatoms. The average Bonchev–Trinajstić information content (AvgIpc) is 3.27. The summed E-state index contributed by atoms with van der Waals surface area (Å²) < 4.78 is 13.0. The summed E-state index contributed by atoms with van der Waals surface area (Å²) in [5, 5.41) is 12.2. The number of ether oxygens (including phenoxy) is 2. The number of aromatic nitrogens is 3. The van der Waals surface area contributed by atoms with Crippen LogP contribution in [-0.2, 0) is 11.3 Å². The van der Waals surface area contributed by atoms with Gasteiger partial charge in [0.1, 0.15) is 17.2 Å². The second kappa shape index (κ2) is 11.2. The van der Waals surface area contributed by atoms with Gasteiger partial charge in [0.05, 0.1) is 12.9 Å². The van der Waals surface area contributed by atoms with E-state index in [4.69, 9.17) is 9.47 Å². The van der Waals surface area contributed by atoms with Crippen molar-refractivity contribution >= 4 is 23.4 Å². The number of anilines is 1. The molecule has 0 aliphatic carbocycles. The summed E-state index contributed by atoms with van der Waals surface area (Å²) in [7, 11) is 1.62. The molecule has 7 nitrogen and oxygen atoms in total. The van der Waals surface area contributed by atoms with Crippen LogP contribution in [0.4, 0.5) is 5.69 Å². The monoisotopic (exact) mass is 472 g/mol. The molecule has 1 N–H and O–H groups in total. The van der Waals surface area contributed by atoms with Gasteiger partial charge in [-0.05, 0) is 48.5 Å². The lowest BCUT2D eigenvalue weighted by atomic mass is 10.2. The van der Waals surface area contributed by atoms with E-state index in [0.29, 0.717) is 29.0 Å². The van der Waals surface area contributed by atoms with Gasteiger partial charge in [0, 0.05) is 17.8 Å². The Morgan fingerprint density at radius 2 is 1.74 bits per heavy atom. The predicted octanol–water partition coefficient (Wildman–Crippen LogP) is 5.66. The maximum Gasteiger partial charge on any atom is 0.234 e. The van der Waals surface area contributed by atoms with Gasteiger partial charge >= 0.3 is 0 Å². The first-order chi connectivity index (χ1) is 16.7. The van der Waals surface area contributed by atoms with Crippen molar-refractivity contribution in [2.24, 2.45) is 0 Å². The highest BCUT2D eigenvalue weighted by molar-refractivity contribution is 7.99. The molecule has 0 saturated carbocycles. The van der Waals surface area contributed by atoms with E-state index < -0.39 is 0 Å². The number of benzene rings is 3. The van der Waals surface area contributed by atoms with Crippen molar-refractivity contribution in [1.29, 1.82) is 0 Å². The van der Waals surface area contributed by atoms with Crippen LogP contribution in [0.1, 0.15) is 0 Å². The molecule has 0 atom stereocenters. The number of thioether (sulfide) groups is 1. The molecule has 0 radical (unpaired) electrons. The minimum Gasteiger partial charge on any atom is -0.497 e. The summed E-state index contributed by atoms with van der Waals surface area (Å²) in [6.07, 6.45) is 1.77. The minimum atomic E-state index is -0.141. The maximum absolute atomic E-state index is 12.5. The smallest absolute Gasteiger partial charge is 0.234 e. The lowest BCUT2D eigenvalue weighted by molar-refractivity contribution is -0.113. The molecule has 0 saturated heterocycles. The predicted molar refractivity (Wildman–Crippen MR) is 135 cm³/mol. The number of carbonyl (C=O) groups is 1. The van der Waals surface area contributed by atoms with Gasteiger partial charge in [-0.1, -0.05) is 48.2 Å². The first-order valence-corrected chi connectivity index (χ1v) is 11.6. The molecule has 1 heterocycles. The maximum atomic E-state index is 12.5. The summed E-state index contributed by atoms with van der Waals surface area (Å²) >= 11 is 1.32. The van der Waals surface area contributed by atoms with Gasteiger partial charge in [-0.2, -0.15) is 0 Å². The summed E-state index contributed by atoms with van der Waals surface area (Å²) in [5.74, 6) is 2.93. The summed E-state index contributed by atoms with van der Waals surface area (Å²) in [5.41, 5.74) is 1.57. The van der Waals surface area contributed by atoms with Crippen molar-refractivity contribution in [2.45, 2.75) is 11.7 Å². The Morgan fingerprint density at radius 1 is 1.00 bits per heavy atom. The zero-order valence-corrected chi connectivity index (χ0v) is 19.5. The molecule has 0 aliphatic rings. The third-order valence-electron chi connectivity index (χ3n) is 4.81. The van der Waals surface area contributed by atoms with Crippen LogP contribution in [0, 0.1) is 0 Å². The SMILES string of the molecule is C=CCn1c(SCC(=O)Nc2ccc(Oc3ccccc3)cc2)nnc1-c1cccc(OC)c1. The number of rotatable bonds is 10. The molecular formula is C26H24N4O3S. The Kier molecular flexibility index (Phi) is 7.62. The zero-order chi connectivity index (χ0) is 23.8. The van der Waals surface area contributed by atoms with Crippen LogP contribution in [0.3, 0.4) is 0 Å². The van der Waals surface area contributed by atoms with Crippen molar-refractivity contribution in [3.05, 3.63) is 91.5 Å². The van der Waals surface area contributed by atoms with Crippen molar-refractivity contribution < 1.29 is 14.3 Å². The molecule has 1 amide bonds. The highest BCUT2D eigenvalue weighted by Gasteiger charge is 2.15. The van der Waals surface area contributed by atoms with E-state index in [2.05, 4.69) is 22.1 Å². The lowest BCUT2D eigenvalue weighted by Crippen LogP contribution is -2.14. The third kappa shape index (κ3) is 5.85. The number of hydrogen-bond donors (Lipinski definition) is 1. The standard InChI is InChI=1S/C26H24N4O3S/c1-3-16-30-25(19-8-7-11-23(17-19)32-2)28-29-26(30)34-18-24(31)27-20-12-14-22(15-13-20)33-21-9-5-4-6-10-21/h3-15,17H,1,16,18H2,2H3,(H,27,31). The molecule has 172 valence electrons. The number of para-hydroxylation sites is 1. The number of allylic oxidation sites excluding steroid dienone is 1. The summed E-state index contributed by atoms with van der Waals surface area (Å²) in [6, 6.07) is 24.4. The molecule has 4 rings (SSSR count). The first-order valence-electron chi connectivity index (χ1n) is 10.6. The Labute approximate surface area is 202 Å². The molecule has 0 bridgehead atoms. The normalized spacial score (nSPS) is 10.5. The van der Waals surface area contributed by atoms with Crippen molar-refractivity contribution in [1.82, 2.24) is 14.8 Å². The number of methoxy groups -OCH3 is 1. The van der Waals surface area contributed by atoms with Crippen LogP contribution in [0.2, 0.25) is 0 Å². The average molecular weight is 473 g/mol. The van der Waals surface area contributed by atoms with E-state index in [1.165, 1.54) is 11.8 Å². The topological polar surface area (TPSA) is 78.3 Å². The van der Waals surface area contributed by atoms with E-state index in [0.717, 1.165) is 17.1 Å². The minimum absolute atomic E-state index is 0.141. The first kappa shape index (κ1) is 23.1. The van der Waals surface area contributed by atoms with Crippen molar-refractivity contribution in [3.8, 4) is 28.6 Å². The molecule has 0 aliphatic heterocycles. The number of carbonyl (C=O) groups excluding carboxylic acids is 1. The number of nitrogens with zero attached hydrogens (tertiary/aromatic N) is 3. The van der Waals surface area contributed by atoms with Gasteiger partial charge < -0.3 is 14.8 Å². The third-order valence-corrected chi connectivity index (χ3v) is 5.77. The summed E-state index contributed by atoms with van der Waals surface area (Å²) in [6.45, 7) is 4.35. The molecule has 34 heavy (non-hydrogen) atoms. The Morgan fingerprint density at radius 3 is 2.47 bits per heavy atom. The Hall–Kier alpha value is -4.04. The van der Waals surface area contributed by atoms with Crippen LogP contribution >= 0.6 is 11.8 Å². The fourth-order valence-electron chi connectivity index (χ4n) is 3.22. The van der Waals surface area contributed by atoms with Gasteiger partial charge in [0.15, 0.2) is 11.0 Å². The van der Waals surface area contributed by atoms with E-state index >= 15 is 0 Å². The van der Waals surface area contributed by atoms with Gasteiger partial charge in [0.25, 0.3) is 0 Å². The molecule has 0 spiro atoms. The Balaban J connectivity index is 1.38. The highest BCUT2D eigenvalue weighted by Crippen LogP contribution is 2.27. The van der Waals surface area contributed by atoms with Crippen molar-refractivity contribution in [2.75, 3.05) is 18.2 Å². The molecular weight excluding hydrogens is 448 g/mol. The highest BCUT2D eigenvalue weighted by atomic mass is 32.2. The van der Waals surface area contributed by atoms with E-state index in [9.17, 15) is 4.79 Å². The van der Waals surface area contributed by atoms with Gasteiger partial charge in [-0.3, -0.25) is 9.36 Å². The molecule has 0 unspecified atom stereocenters. The Bertz CT molecular complexity index is 1260. The number of amides is 1. The number of nitrogens with one attached hydrogen (secondary N) is 1. The molecule has 1 aromatic heterocycles. The van der Waals surface area contributed by atoms with Crippen LogP contribution < -0.4 is 14.8 Å². The fraction of sp³-hybridized carbons (Fsp3) is 0.115. The van der Waals surface area contributed by atoms with E-state index in [1.807, 2.05) is 83.4 Å². The van der Waals surface area contributed by atoms with Gasteiger partial charge in [-0.25, -0.2) is 0 Å². The van der Waals surface area contributed by atoms with Crippen LogP contribution in [-0.4, -0.2) is 33.5 Å². The van der Waals surface area contributed by atoms with E-state index in [-0.39, 0.29) is 11.7 Å². The largest absolute Gasteiger partial charge is 0.497 e. The van der Waals surface area contributed by atoms with Crippen molar-refractivity contribution in [3.63, 3.8) is 0 Å². The van der Waals surface area contributed by atoms with Crippen LogP contribution in [0.15, 0.2) is 96.7 Å². The summed E-state index contributed by atoms with van der Waals surface area (Å²) in [4.78, 5) is 12.5. The van der Waals surface area contributed by atoms with Crippen LogP contribution in [0.25, 0.3) is 11.4 Å². The second-order valence-corrected chi connectivity index (χ2v) is 8.16. The number of hydrogen-bond acceptors (Lipinski definition) is 6. The molecule has 0 fully saturated rings. The van der Waals surface area contributed by atoms with Crippen LogP contribution in [0.5, 0.6) is 17.2 Å².